The molecule has 1 aliphatic heterocycles. The van der Waals surface area contributed by atoms with Gasteiger partial charge in [-0.25, -0.2) is 4.99 Å². The van der Waals surface area contributed by atoms with E-state index >= 15 is 0 Å². The predicted octanol–water partition coefficient (Wildman–Crippen LogP) is 2.26. The van der Waals surface area contributed by atoms with Gasteiger partial charge < -0.3 is 16.4 Å². The smallest absolute Gasteiger partial charge is 0.252 e. The third-order valence-electron chi connectivity index (χ3n) is 3.87. The predicted molar refractivity (Wildman–Crippen MR) is 110 cm³/mol. The number of aryl methyl sites for hydroxylation is 1. The molecule has 0 bridgehead atoms. The van der Waals surface area contributed by atoms with Gasteiger partial charge in [0.1, 0.15) is 6.04 Å². The highest BCUT2D eigenvalue weighted by atomic mass is 35.5. The lowest BCUT2D eigenvalue weighted by Crippen LogP contribution is -2.32. The molecule has 8 nitrogen and oxygen atoms in total. The van der Waals surface area contributed by atoms with Crippen LogP contribution in [-0.2, 0) is 9.59 Å². The Labute approximate surface area is 166 Å². The van der Waals surface area contributed by atoms with E-state index in [0.717, 1.165) is 11.3 Å². The van der Waals surface area contributed by atoms with Gasteiger partial charge in [0.2, 0.25) is 17.8 Å². The number of amides is 2. The molecule has 2 amide bonds. The van der Waals surface area contributed by atoms with Crippen molar-refractivity contribution in [1.82, 2.24) is 5.32 Å². The van der Waals surface area contributed by atoms with Gasteiger partial charge in [-0.2, -0.15) is 4.99 Å². The number of nitrogens with one attached hydrogen (secondary N) is 3. The maximum atomic E-state index is 12.1. The van der Waals surface area contributed by atoms with Gasteiger partial charge in [-0.05, 0) is 43.3 Å². The van der Waals surface area contributed by atoms with Crippen LogP contribution in [0.15, 0.2) is 58.5 Å². The van der Waals surface area contributed by atoms with E-state index in [1.807, 2.05) is 31.2 Å². The van der Waals surface area contributed by atoms with Crippen molar-refractivity contribution in [3.63, 3.8) is 0 Å². The van der Waals surface area contributed by atoms with Crippen molar-refractivity contribution in [2.45, 2.75) is 19.4 Å². The van der Waals surface area contributed by atoms with Crippen molar-refractivity contribution in [3.05, 3.63) is 59.1 Å². The van der Waals surface area contributed by atoms with Gasteiger partial charge >= 0.3 is 0 Å². The lowest BCUT2D eigenvalue weighted by molar-refractivity contribution is -0.123. The molecule has 28 heavy (non-hydrogen) atoms. The summed E-state index contributed by atoms with van der Waals surface area (Å²) in [5, 5.41) is 8.68. The van der Waals surface area contributed by atoms with Crippen LogP contribution in [0.1, 0.15) is 12.0 Å². The van der Waals surface area contributed by atoms with Crippen LogP contribution < -0.4 is 21.7 Å². The largest absolute Gasteiger partial charge is 0.369 e. The number of aliphatic imine (C=N–C) groups is 2. The van der Waals surface area contributed by atoms with Crippen LogP contribution in [0.5, 0.6) is 0 Å². The number of halogens is 1. The number of benzene rings is 2. The zero-order valence-corrected chi connectivity index (χ0v) is 15.8. The summed E-state index contributed by atoms with van der Waals surface area (Å²) in [6, 6.07) is 13.4. The molecule has 2 aromatic rings. The van der Waals surface area contributed by atoms with E-state index in [2.05, 4.69) is 25.9 Å². The molecular weight excluding hydrogens is 380 g/mol. The molecule has 1 unspecified atom stereocenters. The zero-order chi connectivity index (χ0) is 20.1. The van der Waals surface area contributed by atoms with Crippen molar-refractivity contribution in [2.75, 3.05) is 10.6 Å². The third-order valence-corrected chi connectivity index (χ3v) is 4.12. The Morgan fingerprint density at radius 1 is 1.14 bits per heavy atom. The van der Waals surface area contributed by atoms with Gasteiger partial charge in [0, 0.05) is 16.4 Å². The molecule has 1 aliphatic rings. The van der Waals surface area contributed by atoms with E-state index in [1.54, 1.807) is 24.3 Å². The number of nitrogens with zero attached hydrogens (tertiary/aromatic N) is 2. The van der Waals surface area contributed by atoms with Crippen molar-refractivity contribution in [3.8, 4) is 0 Å². The van der Waals surface area contributed by atoms with E-state index in [1.165, 1.54) is 0 Å². The molecule has 0 aromatic heterocycles. The number of carbonyl (C=O) groups is 2. The first-order valence-electron chi connectivity index (χ1n) is 8.51. The Morgan fingerprint density at radius 3 is 2.43 bits per heavy atom. The molecular formula is C19H19ClN6O2. The van der Waals surface area contributed by atoms with Gasteiger partial charge in [-0.15, -0.1) is 0 Å². The van der Waals surface area contributed by atoms with E-state index in [-0.39, 0.29) is 24.2 Å². The highest BCUT2D eigenvalue weighted by Gasteiger charge is 2.28. The summed E-state index contributed by atoms with van der Waals surface area (Å²) in [4.78, 5) is 32.3. The van der Waals surface area contributed by atoms with Gasteiger partial charge in [0.15, 0.2) is 0 Å². The number of hydrogen-bond donors (Lipinski definition) is 4. The standard InChI is InChI=1S/C19H19ClN6O2/c1-11-2-6-14(7-3-11)23-18(21)26-19-24-15(17(28)25-19)10-16(27)22-13-8-4-12(20)5-9-13/h2-9,15H,10H2,1H3,(H,22,27)(H4,21,23,24,25,26,28). The van der Waals surface area contributed by atoms with Gasteiger partial charge in [-0.3, -0.25) is 14.9 Å². The zero-order valence-electron chi connectivity index (χ0n) is 15.1. The fourth-order valence-corrected chi connectivity index (χ4v) is 2.60. The van der Waals surface area contributed by atoms with Crippen molar-refractivity contribution < 1.29 is 9.59 Å². The van der Waals surface area contributed by atoms with E-state index in [0.29, 0.717) is 10.7 Å². The number of nitrogens with two attached hydrogens (primary N) is 1. The summed E-state index contributed by atoms with van der Waals surface area (Å²) in [5.41, 5.74) is 8.31. The van der Waals surface area contributed by atoms with Crippen LogP contribution in [0.3, 0.4) is 0 Å². The fraction of sp³-hybridized carbons (Fsp3) is 0.158. The summed E-state index contributed by atoms with van der Waals surface area (Å²) in [6.07, 6.45) is -0.112. The number of rotatable bonds is 4. The fourth-order valence-electron chi connectivity index (χ4n) is 2.47. The van der Waals surface area contributed by atoms with E-state index < -0.39 is 11.9 Å². The minimum Gasteiger partial charge on any atom is -0.369 e. The van der Waals surface area contributed by atoms with E-state index in [9.17, 15) is 9.59 Å². The quantitative estimate of drug-likeness (QED) is 0.466. The average molecular weight is 399 g/mol. The second-order valence-corrected chi connectivity index (χ2v) is 6.64. The second-order valence-electron chi connectivity index (χ2n) is 6.21. The molecule has 9 heteroatoms. The van der Waals surface area contributed by atoms with Crippen LogP contribution in [0, 0.1) is 6.92 Å². The Balaban J connectivity index is 1.59. The monoisotopic (exact) mass is 398 g/mol. The molecule has 3 rings (SSSR count). The second kappa shape index (κ2) is 8.53. The van der Waals surface area contributed by atoms with Crippen molar-refractivity contribution in [1.29, 1.82) is 0 Å². The first kappa shape index (κ1) is 19.4. The summed E-state index contributed by atoms with van der Waals surface area (Å²) >= 11 is 5.81. The molecule has 144 valence electrons. The van der Waals surface area contributed by atoms with Crippen LogP contribution in [0.25, 0.3) is 0 Å². The van der Waals surface area contributed by atoms with Crippen LogP contribution in [-0.4, -0.2) is 29.8 Å². The summed E-state index contributed by atoms with van der Waals surface area (Å²) in [6.45, 7) is 1.98. The maximum absolute atomic E-state index is 12.1. The number of carbonyl (C=O) groups excluding carboxylic acids is 2. The van der Waals surface area contributed by atoms with Crippen LogP contribution in [0.4, 0.5) is 11.4 Å². The highest BCUT2D eigenvalue weighted by molar-refractivity contribution is 6.30. The molecule has 5 N–H and O–H groups in total. The number of anilines is 2. The van der Waals surface area contributed by atoms with Crippen molar-refractivity contribution >= 4 is 46.7 Å². The van der Waals surface area contributed by atoms with Crippen LogP contribution >= 0.6 is 11.6 Å². The van der Waals surface area contributed by atoms with Crippen molar-refractivity contribution in [2.24, 2.45) is 15.7 Å². The Bertz CT molecular complexity index is 938. The first-order valence-corrected chi connectivity index (χ1v) is 8.89. The maximum Gasteiger partial charge on any atom is 0.252 e. The molecule has 0 fully saturated rings. The molecule has 1 atom stereocenters. The normalized spacial score (nSPS) is 16.4. The Hall–Kier alpha value is -3.39. The first-order chi connectivity index (χ1) is 13.4. The number of guanidine groups is 2. The third kappa shape index (κ3) is 5.31. The lowest BCUT2D eigenvalue weighted by atomic mass is 10.2. The molecule has 1 heterocycles. The summed E-state index contributed by atoms with van der Waals surface area (Å²) < 4.78 is 0. The van der Waals surface area contributed by atoms with Gasteiger partial charge in [-0.1, -0.05) is 29.3 Å². The summed E-state index contributed by atoms with van der Waals surface area (Å²) in [7, 11) is 0. The topological polar surface area (TPSA) is 121 Å². The summed E-state index contributed by atoms with van der Waals surface area (Å²) in [5.74, 6) is -0.615. The molecule has 0 radical (unpaired) electrons. The Kier molecular flexibility index (Phi) is 5.90. The highest BCUT2D eigenvalue weighted by Crippen LogP contribution is 2.15. The molecule has 0 spiro atoms. The SMILES string of the molecule is Cc1ccc(N/C(N)=N/C2=NC(CC(=O)Nc3ccc(Cl)cc3)C(=O)N2)cc1. The van der Waals surface area contributed by atoms with Gasteiger partial charge in [0.05, 0.1) is 6.42 Å². The van der Waals surface area contributed by atoms with E-state index in [4.69, 9.17) is 17.3 Å². The molecule has 0 saturated heterocycles. The lowest BCUT2D eigenvalue weighted by Gasteiger charge is -2.06. The minimum atomic E-state index is -0.863. The average Bonchev–Trinajstić information content (AvgIpc) is 2.97. The van der Waals surface area contributed by atoms with Gasteiger partial charge in [0.25, 0.3) is 5.91 Å². The Morgan fingerprint density at radius 2 is 1.75 bits per heavy atom. The molecule has 0 saturated carbocycles. The van der Waals surface area contributed by atoms with Crippen LogP contribution in [0.2, 0.25) is 5.02 Å². The molecule has 0 aliphatic carbocycles. The molecule has 2 aromatic carbocycles. The minimum absolute atomic E-state index is 0.0615. The number of hydrogen-bond acceptors (Lipinski definition) is 4.